The van der Waals surface area contributed by atoms with Crippen molar-refractivity contribution in [1.29, 1.82) is 0 Å². The molecule has 0 aliphatic carbocycles. The lowest BCUT2D eigenvalue weighted by Gasteiger charge is -2.27. The Balaban J connectivity index is 2.04. The second-order valence-corrected chi connectivity index (χ2v) is 6.08. The molecule has 10 nitrogen and oxygen atoms in total. The molecule has 0 bridgehead atoms. The number of ether oxygens (including phenoxy) is 2. The summed E-state index contributed by atoms with van der Waals surface area (Å²) in [5, 5.41) is 24.1. The number of aromatic nitrogens is 4. The summed E-state index contributed by atoms with van der Waals surface area (Å²) in [6.07, 6.45) is 0.429. The fraction of sp³-hybridized carbons (Fsp3) is 0.533. The second kappa shape index (κ2) is 6.56. The van der Waals surface area contributed by atoms with Crippen molar-refractivity contribution in [3.63, 3.8) is 0 Å². The van der Waals surface area contributed by atoms with Crippen molar-refractivity contribution < 1.29 is 19.7 Å². The molecule has 0 amide bonds. The molecule has 0 unspecified atom stereocenters. The number of methoxy groups -OCH3 is 1. The summed E-state index contributed by atoms with van der Waals surface area (Å²) in [7, 11) is 1.50. The van der Waals surface area contributed by atoms with E-state index in [0.29, 0.717) is 23.5 Å². The average molecular weight is 350 g/mol. The summed E-state index contributed by atoms with van der Waals surface area (Å²) in [5.41, 5.74) is 5.08. The van der Waals surface area contributed by atoms with Crippen LogP contribution >= 0.6 is 0 Å². The number of fused-ring (bicyclic) bond motifs is 1. The molecule has 25 heavy (non-hydrogen) atoms. The van der Waals surface area contributed by atoms with Crippen LogP contribution in [0.5, 0.6) is 0 Å². The molecule has 0 aromatic carbocycles. The van der Waals surface area contributed by atoms with Gasteiger partial charge in [-0.1, -0.05) is 6.08 Å². The Hall–Kier alpha value is -2.27. The Morgan fingerprint density at radius 2 is 2.32 bits per heavy atom. The van der Waals surface area contributed by atoms with Crippen LogP contribution in [0.3, 0.4) is 0 Å². The minimum atomic E-state index is -1.56. The lowest BCUT2D eigenvalue weighted by Crippen LogP contribution is -2.44. The molecule has 2 aromatic heterocycles. The van der Waals surface area contributed by atoms with Gasteiger partial charge >= 0.3 is 0 Å². The molecule has 3 heterocycles. The molecule has 10 heteroatoms. The Morgan fingerprint density at radius 1 is 1.56 bits per heavy atom. The standard InChI is InChI=1S/C15H22N6O4/c1-4-5-17-11-9-12(20-14(16)19-11)21(7-18-9)13-15(2,23)10(22)8(25-13)6-24-3/h4,7-8,10,13,22-23H,1,5-6H2,2-3H3,(H3,16,17,19,20)/t8-,10-,13-,15-/m1/s1. The van der Waals surface area contributed by atoms with Gasteiger partial charge in [0.1, 0.15) is 17.8 Å². The third-order valence-corrected chi connectivity index (χ3v) is 4.19. The van der Waals surface area contributed by atoms with Crippen LogP contribution in [0.25, 0.3) is 11.2 Å². The molecule has 2 aromatic rings. The van der Waals surface area contributed by atoms with Gasteiger partial charge in [0.25, 0.3) is 0 Å². The maximum absolute atomic E-state index is 10.7. The van der Waals surface area contributed by atoms with Gasteiger partial charge < -0.3 is 30.7 Å². The quantitative estimate of drug-likeness (QED) is 0.515. The number of nitrogens with one attached hydrogen (secondary N) is 1. The Morgan fingerprint density at radius 3 is 3.00 bits per heavy atom. The van der Waals surface area contributed by atoms with Crippen LogP contribution in [0.1, 0.15) is 13.2 Å². The summed E-state index contributed by atoms with van der Waals surface area (Å²) < 4.78 is 12.4. The molecule has 136 valence electrons. The van der Waals surface area contributed by atoms with Crippen molar-refractivity contribution in [1.82, 2.24) is 19.5 Å². The Labute approximate surface area is 144 Å². The van der Waals surface area contributed by atoms with E-state index >= 15 is 0 Å². The van der Waals surface area contributed by atoms with Crippen molar-refractivity contribution in [3.05, 3.63) is 19.0 Å². The van der Waals surface area contributed by atoms with E-state index in [-0.39, 0.29) is 12.6 Å². The van der Waals surface area contributed by atoms with Gasteiger partial charge in [-0.3, -0.25) is 4.57 Å². The zero-order valence-corrected chi connectivity index (χ0v) is 14.1. The first kappa shape index (κ1) is 17.5. The zero-order chi connectivity index (χ0) is 18.2. The molecule has 1 aliphatic rings. The number of aliphatic hydroxyl groups excluding tert-OH is 1. The summed E-state index contributed by atoms with van der Waals surface area (Å²) in [4.78, 5) is 12.6. The summed E-state index contributed by atoms with van der Waals surface area (Å²) in [5.74, 6) is 0.500. The van der Waals surface area contributed by atoms with Crippen molar-refractivity contribution in [2.45, 2.75) is 31.0 Å². The first-order valence-corrected chi connectivity index (χ1v) is 7.79. The van der Waals surface area contributed by atoms with Crippen molar-refractivity contribution in [2.75, 3.05) is 31.3 Å². The topological polar surface area (TPSA) is 141 Å². The van der Waals surface area contributed by atoms with Crippen LogP contribution in [0, 0.1) is 0 Å². The molecule has 0 radical (unpaired) electrons. The number of imidazole rings is 1. The van der Waals surface area contributed by atoms with Gasteiger partial charge in [0, 0.05) is 13.7 Å². The van der Waals surface area contributed by atoms with Gasteiger partial charge in [0.05, 0.1) is 12.9 Å². The predicted molar refractivity (Wildman–Crippen MR) is 90.8 cm³/mol. The van der Waals surface area contributed by atoms with Crippen molar-refractivity contribution in [3.8, 4) is 0 Å². The third-order valence-electron chi connectivity index (χ3n) is 4.19. The van der Waals surface area contributed by atoms with Gasteiger partial charge in [0.15, 0.2) is 23.2 Å². The zero-order valence-electron chi connectivity index (χ0n) is 14.1. The lowest BCUT2D eigenvalue weighted by atomic mass is 9.96. The van der Waals surface area contributed by atoms with Crippen LogP contribution in [0.15, 0.2) is 19.0 Å². The number of nitrogens with zero attached hydrogens (tertiary/aromatic N) is 4. The van der Waals surface area contributed by atoms with Crippen molar-refractivity contribution in [2.24, 2.45) is 0 Å². The SMILES string of the molecule is C=CCNc1nc(N)nc2c1ncn2[C@@H]1O[C@H](COC)[C@@H](O)[C@@]1(C)O. The maximum atomic E-state index is 10.7. The number of nitrogen functional groups attached to an aromatic ring is 1. The van der Waals surface area contributed by atoms with E-state index < -0.39 is 24.0 Å². The smallest absolute Gasteiger partial charge is 0.224 e. The number of hydrogen-bond acceptors (Lipinski definition) is 9. The van der Waals surface area contributed by atoms with Crippen LogP contribution in [0.4, 0.5) is 11.8 Å². The van der Waals surface area contributed by atoms with Crippen LogP contribution in [-0.4, -0.2) is 67.8 Å². The maximum Gasteiger partial charge on any atom is 0.224 e. The highest BCUT2D eigenvalue weighted by Crippen LogP contribution is 2.39. The molecule has 1 saturated heterocycles. The Bertz CT molecular complexity index is 777. The fourth-order valence-corrected chi connectivity index (χ4v) is 2.94. The molecule has 1 aliphatic heterocycles. The van der Waals surface area contributed by atoms with Gasteiger partial charge in [-0.15, -0.1) is 6.58 Å². The lowest BCUT2D eigenvalue weighted by molar-refractivity contribution is -0.0956. The average Bonchev–Trinajstić information content (AvgIpc) is 3.07. The predicted octanol–water partition coefficient (Wildman–Crippen LogP) is -0.338. The molecule has 3 rings (SSSR count). The fourth-order valence-electron chi connectivity index (χ4n) is 2.94. The highest BCUT2D eigenvalue weighted by atomic mass is 16.6. The summed E-state index contributed by atoms with van der Waals surface area (Å²) in [6.45, 7) is 5.75. The number of nitrogens with two attached hydrogens (primary N) is 1. The molecule has 5 N–H and O–H groups in total. The molecular weight excluding hydrogens is 328 g/mol. The highest BCUT2D eigenvalue weighted by Gasteiger charge is 2.53. The summed E-state index contributed by atoms with van der Waals surface area (Å²) in [6, 6.07) is 0. The summed E-state index contributed by atoms with van der Waals surface area (Å²) >= 11 is 0. The molecule has 0 saturated carbocycles. The van der Waals surface area contributed by atoms with E-state index in [1.165, 1.54) is 24.9 Å². The normalized spacial score (nSPS) is 29.2. The molecule has 0 spiro atoms. The largest absolute Gasteiger partial charge is 0.387 e. The molecular formula is C15H22N6O4. The first-order chi connectivity index (χ1) is 11.9. The van der Waals surface area contributed by atoms with E-state index in [1.807, 2.05) is 0 Å². The van der Waals surface area contributed by atoms with Crippen LogP contribution < -0.4 is 11.1 Å². The van der Waals surface area contributed by atoms with E-state index in [2.05, 4.69) is 26.8 Å². The van der Waals surface area contributed by atoms with Gasteiger partial charge in [0.2, 0.25) is 5.95 Å². The number of aliphatic hydroxyl groups is 2. The van der Waals surface area contributed by atoms with Crippen LogP contribution in [-0.2, 0) is 9.47 Å². The monoisotopic (exact) mass is 350 g/mol. The van der Waals surface area contributed by atoms with Crippen molar-refractivity contribution >= 4 is 22.9 Å². The van der Waals surface area contributed by atoms with Crippen LogP contribution in [0.2, 0.25) is 0 Å². The molecule has 4 atom stereocenters. The van der Waals surface area contributed by atoms with E-state index in [4.69, 9.17) is 15.2 Å². The van der Waals surface area contributed by atoms with E-state index in [9.17, 15) is 10.2 Å². The van der Waals surface area contributed by atoms with E-state index in [1.54, 1.807) is 6.08 Å². The van der Waals surface area contributed by atoms with Gasteiger partial charge in [-0.25, -0.2) is 4.98 Å². The minimum Gasteiger partial charge on any atom is -0.387 e. The second-order valence-electron chi connectivity index (χ2n) is 6.08. The molecule has 1 fully saturated rings. The number of anilines is 2. The van der Waals surface area contributed by atoms with E-state index in [0.717, 1.165) is 0 Å². The Kier molecular flexibility index (Phi) is 4.60. The highest BCUT2D eigenvalue weighted by molar-refractivity contribution is 5.84. The first-order valence-electron chi connectivity index (χ1n) is 7.79. The number of hydrogen-bond donors (Lipinski definition) is 4. The number of rotatable bonds is 6. The van der Waals surface area contributed by atoms with Gasteiger partial charge in [-0.05, 0) is 6.92 Å². The van der Waals surface area contributed by atoms with Gasteiger partial charge in [-0.2, -0.15) is 9.97 Å². The minimum absolute atomic E-state index is 0.0486. The third kappa shape index (κ3) is 2.93.